The minimum atomic E-state index is -0.238. The van der Waals surface area contributed by atoms with E-state index in [4.69, 9.17) is 18.9 Å². The number of benzene rings is 2. The molecular weight excluding hydrogens is 402 g/mol. The van der Waals surface area contributed by atoms with E-state index in [-0.39, 0.29) is 17.9 Å². The van der Waals surface area contributed by atoms with E-state index in [1.165, 1.54) is 0 Å². The zero-order valence-electron chi connectivity index (χ0n) is 17.2. The Morgan fingerprint density at radius 3 is 2.03 bits per heavy atom. The first-order valence-electron chi connectivity index (χ1n) is 9.43. The molecule has 1 saturated heterocycles. The van der Waals surface area contributed by atoms with Gasteiger partial charge >= 0.3 is 0 Å². The summed E-state index contributed by atoms with van der Waals surface area (Å²) >= 11 is 1.59. The lowest BCUT2D eigenvalue weighted by atomic mass is 9.80. The van der Waals surface area contributed by atoms with E-state index in [0.717, 1.165) is 16.2 Å². The maximum absolute atomic E-state index is 13.3. The highest BCUT2D eigenvalue weighted by Crippen LogP contribution is 2.52. The smallest absolute Gasteiger partial charge is 0.238 e. The molecule has 3 aromatic rings. The van der Waals surface area contributed by atoms with Crippen molar-refractivity contribution in [1.29, 1.82) is 0 Å². The Balaban J connectivity index is 1.80. The van der Waals surface area contributed by atoms with E-state index in [2.05, 4.69) is 0 Å². The van der Waals surface area contributed by atoms with Crippen molar-refractivity contribution in [1.82, 2.24) is 0 Å². The Bertz CT molecular complexity index is 1010. The van der Waals surface area contributed by atoms with Gasteiger partial charge in [0.2, 0.25) is 11.7 Å². The standard InChI is InChI=1S/C23H23NO5S/c1-26-16-9-7-14(8-10-16)21-20(19-6-5-11-30-19)23(25)24(21)15-12-17(27-2)22(29-4)18(13-15)28-3/h5-13,20-21H,1-4H3/t20?,21-/m1/s1. The molecule has 0 spiro atoms. The normalized spacial score (nSPS) is 18.0. The van der Waals surface area contributed by atoms with Gasteiger partial charge in [-0.3, -0.25) is 4.79 Å². The van der Waals surface area contributed by atoms with Crippen LogP contribution in [0.5, 0.6) is 23.0 Å². The van der Waals surface area contributed by atoms with Gasteiger partial charge in [-0.1, -0.05) is 18.2 Å². The van der Waals surface area contributed by atoms with Crippen molar-refractivity contribution in [2.75, 3.05) is 33.3 Å². The molecule has 1 aliphatic rings. The predicted molar refractivity (Wildman–Crippen MR) is 116 cm³/mol. The Hall–Kier alpha value is -3.19. The fourth-order valence-electron chi connectivity index (χ4n) is 3.87. The summed E-state index contributed by atoms with van der Waals surface area (Å²) in [5.74, 6) is 2.08. The van der Waals surface area contributed by atoms with Crippen molar-refractivity contribution >= 4 is 22.9 Å². The van der Waals surface area contributed by atoms with Crippen LogP contribution in [0.2, 0.25) is 0 Å². The van der Waals surface area contributed by atoms with Crippen LogP contribution in [0.15, 0.2) is 53.9 Å². The lowest BCUT2D eigenvalue weighted by Crippen LogP contribution is -2.53. The number of hydrogen-bond acceptors (Lipinski definition) is 6. The lowest BCUT2D eigenvalue weighted by molar-refractivity contribution is -0.126. The molecule has 156 valence electrons. The van der Waals surface area contributed by atoms with Crippen molar-refractivity contribution in [3.05, 3.63) is 64.4 Å². The maximum Gasteiger partial charge on any atom is 0.238 e. The fraction of sp³-hybridized carbons (Fsp3) is 0.261. The summed E-state index contributed by atoms with van der Waals surface area (Å²) in [7, 11) is 6.32. The van der Waals surface area contributed by atoms with Crippen LogP contribution in [-0.2, 0) is 4.79 Å². The van der Waals surface area contributed by atoms with E-state index >= 15 is 0 Å². The first-order valence-corrected chi connectivity index (χ1v) is 10.3. The highest BCUT2D eigenvalue weighted by Gasteiger charge is 2.50. The summed E-state index contributed by atoms with van der Waals surface area (Å²) in [6, 6.07) is 15.3. The van der Waals surface area contributed by atoms with Gasteiger partial charge < -0.3 is 23.8 Å². The van der Waals surface area contributed by atoms with Gasteiger partial charge in [-0.25, -0.2) is 0 Å². The maximum atomic E-state index is 13.3. The van der Waals surface area contributed by atoms with Gasteiger partial charge in [-0.2, -0.15) is 0 Å². The number of nitrogens with zero attached hydrogens (tertiary/aromatic N) is 1. The molecule has 2 aromatic carbocycles. The minimum Gasteiger partial charge on any atom is -0.497 e. The number of anilines is 1. The van der Waals surface area contributed by atoms with Crippen LogP contribution in [0, 0.1) is 0 Å². The van der Waals surface area contributed by atoms with Gasteiger partial charge in [0.05, 0.1) is 46.1 Å². The van der Waals surface area contributed by atoms with Crippen LogP contribution in [0.3, 0.4) is 0 Å². The molecule has 1 aromatic heterocycles. The van der Waals surface area contributed by atoms with Gasteiger partial charge in [-0.05, 0) is 29.1 Å². The van der Waals surface area contributed by atoms with Gasteiger partial charge in [-0.15, -0.1) is 11.3 Å². The number of hydrogen-bond donors (Lipinski definition) is 0. The monoisotopic (exact) mass is 425 g/mol. The van der Waals surface area contributed by atoms with Crippen LogP contribution in [0.25, 0.3) is 0 Å². The number of methoxy groups -OCH3 is 4. The molecular formula is C23H23NO5S. The number of thiophene rings is 1. The molecule has 30 heavy (non-hydrogen) atoms. The molecule has 7 heteroatoms. The molecule has 0 radical (unpaired) electrons. The van der Waals surface area contributed by atoms with Crippen molar-refractivity contribution < 1.29 is 23.7 Å². The molecule has 1 aliphatic heterocycles. The number of carbonyl (C=O) groups is 1. The Labute approximate surface area is 179 Å². The number of ether oxygens (including phenoxy) is 4. The molecule has 0 bridgehead atoms. The summed E-state index contributed by atoms with van der Waals surface area (Å²) in [4.78, 5) is 16.2. The molecule has 2 heterocycles. The second-order valence-corrected chi connectivity index (χ2v) is 7.78. The Morgan fingerprint density at radius 1 is 0.867 bits per heavy atom. The van der Waals surface area contributed by atoms with Crippen molar-refractivity contribution in [3.8, 4) is 23.0 Å². The van der Waals surface area contributed by atoms with E-state index < -0.39 is 0 Å². The summed E-state index contributed by atoms with van der Waals surface area (Å²) in [5.41, 5.74) is 1.73. The summed E-state index contributed by atoms with van der Waals surface area (Å²) in [5, 5.41) is 2.00. The van der Waals surface area contributed by atoms with Gasteiger partial charge in [0.1, 0.15) is 5.75 Å². The third kappa shape index (κ3) is 3.25. The number of rotatable bonds is 7. The van der Waals surface area contributed by atoms with Crippen LogP contribution in [-0.4, -0.2) is 34.3 Å². The van der Waals surface area contributed by atoms with Gasteiger partial charge in [0.25, 0.3) is 0 Å². The second-order valence-electron chi connectivity index (χ2n) is 6.80. The zero-order chi connectivity index (χ0) is 21.3. The summed E-state index contributed by atoms with van der Waals surface area (Å²) < 4.78 is 21.7. The van der Waals surface area contributed by atoms with Crippen molar-refractivity contribution in [2.24, 2.45) is 0 Å². The lowest BCUT2D eigenvalue weighted by Gasteiger charge is -2.47. The largest absolute Gasteiger partial charge is 0.497 e. The van der Waals surface area contributed by atoms with E-state index in [0.29, 0.717) is 22.9 Å². The van der Waals surface area contributed by atoms with Crippen molar-refractivity contribution in [3.63, 3.8) is 0 Å². The Morgan fingerprint density at radius 2 is 1.53 bits per heavy atom. The molecule has 1 amide bonds. The number of β-lactam (4-membered cyclic amide) rings is 1. The van der Waals surface area contributed by atoms with Gasteiger partial charge in [0.15, 0.2) is 11.5 Å². The third-order valence-corrected chi connectivity index (χ3v) is 6.29. The topological polar surface area (TPSA) is 57.2 Å². The van der Waals surface area contributed by atoms with Crippen LogP contribution < -0.4 is 23.8 Å². The van der Waals surface area contributed by atoms with Crippen molar-refractivity contribution in [2.45, 2.75) is 12.0 Å². The molecule has 1 fully saturated rings. The highest BCUT2D eigenvalue weighted by atomic mass is 32.1. The van der Waals surface area contributed by atoms with Crippen LogP contribution in [0.1, 0.15) is 22.4 Å². The summed E-state index contributed by atoms with van der Waals surface area (Å²) in [6.45, 7) is 0. The number of carbonyl (C=O) groups excluding carboxylic acids is 1. The van der Waals surface area contributed by atoms with E-state index in [1.807, 2.05) is 41.8 Å². The average molecular weight is 426 g/mol. The van der Waals surface area contributed by atoms with Gasteiger partial charge in [0, 0.05) is 17.0 Å². The second kappa shape index (κ2) is 8.28. The molecule has 6 nitrogen and oxygen atoms in total. The SMILES string of the molecule is COc1ccc([C@@H]2C(c3cccs3)C(=O)N2c2cc(OC)c(OC)c(OC)c2)cc1. The average Bonchev–Trinajstić information content (AvgIpc) is 3.30. The van der Waals surface area contributed by atoms with Crippen LogP contribution >= 0.6 is 11.3 Å². The molecule has 0 N–H and O–H groups in total. The molecule has 4 rings (SSSR count). The van der Waals surface area contributed by atoms with Crippen LogP contribution in [0.4, 0.5) is 5.69 Å². The molecule has 2 atom stereocenters. The van der Waals surface area contributed by atoms with E-state index in [1.54, 1.807) is 56.8 Å². The predicted octanol–water partition coefficient (Wildman–Crippen LogP) is 4.65. The first-order chi connectivity index (χ1) is 14.6. The molecule has 0 aliphatic carbocycles. The third-order valence-electron chi connectivity index (χ3n) is 5.33. The quantitative estimate of drug-likeness (QED) is 0.516. The molecule has 0 saturated carbocycles. The minimum absolute atomic E-state index is 0.0348. The fourth-order valence-corrected chi connectivity index (χ4v) is 4.72. The molecule has 1 unspecified atom stereocenters. The highest BCUT2D eigenvalue weighted by molar-refractivity contribution is 7.10. The number of amides is 1. The zero-order valence-corrected chi connectivity index (χ0v) is 18.1. The first kappa shape index (κ1) is 20.1. The summed E-state index contributed by atoms with van der Waals surface area (Å²) in [6.07, 6.45) is 0. The van der Waals surface area contributed by atoms with E-state index in [9.17, 15) is 4.79 Å². The Kier molecular flexibility index (Phi) is 5.55.